The maximum atomic E-state index is 3.54. The number of rotatable bonds is 9. The predicted molar refractivity (Wildman–Crippen MR) is 90.1 cm³/mol. The number of unbranched alkanes of at least 4 members (excludes halogenated alkanes) is 1. The first-order chi connectivity index (χ1) is 9.62. The molecule has 0 radical (unpaired) electrons. The second-order valence-corrected chi connectivity index (χ2v) is 6.42. The average Bonchev–Trinajstić information content (AvgIpc) is 2.44. The fourth-order valence-corrected chi connectivity index (χ4v) is 3.08. The molecular weight excluding hydrogens is 242 g/mol. The summed E-state index contributed by atoms with van der Waals surface area (Å²) in [6.45, 7) is 9.16. The molecule has 0 aromatic heterocycles. The van der Waals surface area contributed by atoms with E-state index in [-0.39, 0.29) is 0 Å². The van der Waals surface area contributed by atoms with Crippen LogP contribution in [0.3, 0.4) is 0 Å². The third-order valence-corrected chi connectivity index (χ3v) is 4.22. The van der Waals surface area contributed by atoms with Crippen LogP contribution in [0.5, 0.6) is 0 Å². The highest BCUT2D eigenvalue weighted by atomic mass is 14.9. The molecule has 0 bridgehead atoms. The van der Waals surface area contributed by atoms with Crippen molar-refractivity contribution >= 4 is 0 Å². The number of nitrogens with one attached hydrogen (secondary N) is 1. The lowest BCUT2D eigenvalue weighted by molar-refractivity contribution is 0.339. The van der Waals surface area contributed by atoms with E-state index in [4.69, 9.17) is 0 Å². The van der Waals surface area contributed by atoms with E-state index in [0.29, 0.717) is 6.04 Å². The molecule has 2 atom stereocenters. The molecule has 114 valence electrons. The Morgan fingerprint density at radius 1 is 1.05 bits per heavy atom. The Balaban J connectivity index is 2.77. The standard InChI is InChI=1S/C19H33N/c1-6-8-9-17(7-2)19(20-5)18-12-10-16(11-13-18)14-15(3)4/h10-13,15,17,19-20H,6-9,14H2,1-5H3. The smallest absolute Gasteiger partial charge is 0.0346 e. The molecule has 1 nitrogen and oxygen atoms in total. The normalized spacial score (nSPS) is 14.5. The molecule has 1 N–H and O–H groups in total. The molecule has 0 heterocycles. The van der Waals surface area contributed by atoms with Gasteiger partial charge in [0.05, 0.1) is 0 Å². The Bertz CT molecular complexity index is 353. The van der Waals surface area contributed by atoms with Crippen molar-refractivity contribution in [2.24, 2.45) is 11.8 Å². The minimum Gasteiger partial charge on any atom is -0.313 e. The zero-order valence-corrected chi connectivity index (χ0v) is 14.1. The van der Waals surface area contributed by atoms with Gasteiger partial charge < -0.3 is 5.32 Å². The Hall–Kier alpha value is -0.820. The molecule has 1 aromatic carbocycles. The second-order valence-electron chi connectivity index (χ2n) is 6.42. The molecule has 0 saturated heterocycles. The van der Waals surface area contributed by atoms with Crippen molar-refractivity contribution in [3.63, 3.8) is 0 Å². The zero-order valence-electron chi connectivity index (χ0n) is 14.1. The van der Waals surface area contributed by atoms with E-state index in [1.807, 2.05) is 0 Å². The van der Waals surface area contributed by atoms with Crippen molar-refractivity contribution in [1.82, 2.24) is 5.32 Å². The number of hydrogen-bond acceptors (Lipinski definition) is 1. The van der Waals surface area contributed by atoms with E-state index in [1.54, 1.807) is 0 Å². The maximum absolute atomic E-state index is 3.54. The van der Waals surface area contributed by atoms with Crippen molar-refractivity contribution in [3.05, 3.63) is 35.4 Å². The van der Waals surface area contributed by atoms with Crippen molar-refractivity contribution < 1.29 is 0 Å². The Morgan fingerprint density at radius 2 is 1.70 bits per heavy atom. The quantitative estimate of drug-likeness (QED) is 0.639. The Labute approximate surface area is 126 Å². The van der Waals surface area contributed by atoms with Crippen molar-refractivity contribution in [1.29, 1.82) is 0 Å². The maximum Gasteiger partial charge on any atom is 0.0346 e. The van der Waals surface area contributed by atoms with E-state index < -0.39 is 0 Å². The highest BCUT2D eigenvalue weighted by Gasteiger charge is 2.19. The summed E-state index contributed by atoms with van der Waals surface area (Å²) in [4.78, 5) is 0. The topological polar surface area (TPSA) is 12.0 Å². The van der Waals surface area contributed by atoms with Crippen LogP contribution < -0.4 is 5.32 Å². The summed E-state index contributed by atoms with van der Waals surface area (Å²) >= 11 is 0. The van der Waals surface area contributed by atoms with Crippen LogP contribution in [0.15, 0.2) is 24.3 Å². The Morgan fingerprint density at radius 3 is 2.15 bits per heavy atom. The highest BCUT2D eigenvalue weighted by molar-refractivity contribution is 5.26. The van der Waals surface area contributed by atoms with Crippen LogP contribution in [0.25, 0.3) is 0 Å². The lowest BCUT2D eigenvalue weighted by Crippen LogP contribution is -2.25. The number of benzene rings is 1. The van der Waals surface area contributed by atoms with Crippen LogP contribution in [0.2, 0.25) is 0 Å². The Kier molecular flexibility index (Phi) is 7.91. The molecule has 0 aliphatic heterocycles. The van der Waals surface area contributed by atoms with Crippen LogP contribution in [0, 0.1) is 11.8 Å². The van der Waals surface area contributed by atoms with Gasteiger partial charge in [-0.05, 0) is 42.9 Å². The van der Waals surface area contributed by atoms with Crippen LogP contribution >= 0.6 is 0 Å². The SMILES string of the molecule is CCCCC(CC)C(NC)c1ccc(CC(C)C)cc1. The summed E-state index contributed by atoms with van der Waals surface area (Å²) in [5, 5.41) is 3.54. The van der Waals surface area contributed by atoms with E-state index in [0.717, 1.165) is 11.8 Å². The molecule has 20 heavy (non-hydrogen) atoms. The summed E-state index contributed by atoms with van der Waals surface area (Å²) in [5.41, 5.74) is 2.91. The third kappa shape index (κ3) is 5.28. The minimum atomic E-state index is 0.500. The first-order valence-corrected chi connectivity index (χ1v) is 8.38. The fraction of sp³-hybridized carbons (Fsp3) is 0.684. The van der Waals surface area contributed by atoms with Gasteiger partial charge in [-0.3, -0.25) is 0 Å². The van der Waals surface area contributed by atoms with Crippen molar-refractivity contribution in [3.8, 4) is 0 Å². The van der Waals surface area contributed by atoms with Gasteiger partial charge in [-0.25, -0.2) is 0 Å². The summed E-state index contributed by atoms with van der Waals surface area (Å²) in [5.74, 6) is 1.48. The van der Waals surface area contributed by atoms with Gasteiger partial charge in [-0.2, -0.15) is 0 Å². The summed E-state index contributed by atoms with van der Waals surface area (Å²) in [7, 11) is 2.10. The van der Waals surface area contributed by atoms with Gasteiger partial charge in [0, 0.05) is 6.04 Å². The molecule has 1 aromatic rings. The van der Waals surface area contributed by atoms with E-state index in [9.17, 15) is 0 Å². The van der Waals surface area contributed by atoms with Crippen LogP contribution in [-0.4, -0.2) is 7.05 Å². The molecule has 0 aliphatic carbocycles. The van der Waals surface area contributed by atoms with Crippen molar-refractivity contribution in [2.45, 2.75) is 65.8 Å². The van der Waals surface area contributed by atoms with Crippen LogP contribution in [-0.2, 0) is 6.42 Å². The molecule has 0 saturated carbocycles. The third-order valence-electron chi connectivity index (χ3n) is 4.22. The number of hydrogen-bond donors (Lipinski definition) is 1. The van der Waals surface area contributed by atoms with Crippen LogP contribution in [0.4, 0.5) is 0 Å². The summed E-state index contributed by atoms with van der Waals surface area (Å²) in [6.07, 6.45) is 6.38. The van der Waals surface area contributed by atoms with E-state index in [1.165, 1.54) is 43.2 Å². The van der Waals surface area contributed by atoms with Gasteiger partial charge >= 0.3 is 0 Å². The van der Waals surface area contributed by atoms with Gasteiger partial charge in [-0.15, -0.1) is 0 Å². The largest absolute Gasteiger partial charge is 0.313 e. The van der Waals surface area contributed by atoms with Crippen LogP contribution in [0.1, 0.15) is 70.5 Å². The molecule has 0 amide bonds. The molecular formula is C19H33N. The minimum absolute atomic E-state index is 0.500. The predicted octanol–water partition coefficient (Wildman–Crippen LogP) is 5.36. The highest BCUT2D eigenvalue weighted by Crippen LogP contribution is 2.29. The van der Waals surface area contributed by atoms with Gasteiger partial charge in [0.2, 0.25) is 0 Å². The molecule has 0 spiro atoms. The molecule has 0 fully saturated rings. The van der Waals surface area contributed by atoms with E-state index >= 15 is 0 Å². The van der Waals surface area contributed by atoms with Gasteiger partial charge in [0.25, 0.3) is 0 Å². The monoisotopic (exact) mass is 275 g/mol. The van der Waals surface area contributed by atoms with Gasteiger partial charge in [0.15, 0.2) is 0 Å². The molecule has 1 rings (SSSR count). The lowest BCUT2D eigenvalue weighted by atomic mass is 9.86. The summed E-state index contributed by atoms with van der Waals surface area (Å²) < 4.78 is 0. The molecule has 2 unspecified atom stereocenters. The first-order valence-electron chi connectivity index (χ1n) is 8.38. The van der Waals surface area contributed by atoms with E-state index in [2.05, 4.69) is 64.3 Å². The lowest BCUT2D eigenvalue weighted by Gasteiger charge is -2.26. The fourth-order valence-electron chi connectivity index (χ4n) is 3.08. The second kappa shape index (κ2) is 9.18. The first kappa shape index (κ1) is 17.2. The average molecular weight is 275 g/mol. The zero-order chi connectivity index (χ0) is 15.0. The van der Waals surface area contributed by atoms with Gasteiger partial charge in [-0.1, -0.05) is 71.2 Å². The molecule has 1 heteroatoms. The van der Waals surface area contributed by atoms with Crippen molar-refractivity contribution in [2.75, 3.05) is 7.05 Å². The molecule has 0 aliphatic rings. The summed E-state index contributed by atoms with van der Waals surface area (Å²) in [6, 6.07) is 9.78. The van der Waals surface area contributed by atoms with Gasteiger partial charge in [0.1, 0.15) is 0 Å².